The van der Waals surface area contributed by atoms with Gasteiger partial charge in [0.1, 0.15) is 17.4 Å². The summed E-state index contributed by atoms with van der Waals surface area (Å²) in [6, 6.07) is 7.86. The molecule has 1 N–H and O–H groups in total. The lowest BCUT2D eigenvalue weighted by Crippen LogP contribution is -2.20. The highest BCUT2D eigenvalue weighted by molar-refractivity contribution is 7.15. The van der Waals surface area contributed by atoms with Crippen molar-refractivity contribution < 1.29 is 4.79 Å². The van der Waals surface area contributed by atoms with Crippen molar-refractivity contribution in [3.05, 3.63) is 35.1 Å². The minimum Gasteiger partial charge on any atom is -0.318 e. The SMILES string of the molecule is CCc1nc2ccccc2n1CC(=O)Nc1nnc(CC(C)C)s1. The van der Waals surface area contributed by atoms with Gasteiger partial charge in [-0.2, -0.15) is 0 Å². The van der Waals surface area contributed by atoms with Crippen LogP contribution in [0.3, 0.4) is 0 Å². The molecule has 0 radical (unpaired) electrons. The molecule has 1 aromatic carbocycles. The molecule has 24 heavy (non-hydrogen) atoms. The van der Waals surface area contributed by atoms with E-state index < -0.39 is 0 Å². The molecule has 3 aromatic rings. The molecule has 2 heterocycles. The maximum Gasteiger partial charge on any atom is 0.246 e. The number of carbonyl (C=O) groups excluding carboxylic acids is 1. The number of benzene rings is 1. The van der Waals surface area contributed by atoms with Crippen LogP contribution in [-0.2, 0) is 24.2 Å². The molecule has 0 spiro atoms. The summed E-state index contributed by atoms with van der Waals surface area (Å²) in [6.45, 7) is 6.54. The summed E-state index contributed by atoms with van der Waals surface area (Å²) in [4.78, 5) is 17.0. The summed E-state index contributed by atoms with van der Waals surface area (Å²) in [7, 11) is 0. The zero-order valence-corrected chi connectivity index (χ0v) is 14.9. The molecule has 0 unspecified atom stereocenters. The minimum absolute atomic E-state index is 0.111. The van der Waals surface area contributed by atoms with Gasteiger partial charge in [0.05, 0.1) is 11.0 Å². The summed E-state index contributed by atoms with van der Waals surface area (Å²) >= 11 is 1.44. The standard InChI is InChI=1S/C17H21N5OS/c1-4-14-18-12-7-5-6-8-13(12)22(14)10-15(23)19-17-21-20-16(24-17)9-11(2)3/h5-8,11H,4,9-10H2,1-3H3,(H,19,21,23). The van der Waals surface area contributed by atoms with E-state index in [1.165, 1.54) is 11.3 Å². The largest absolute Gasteiger partial charge is 0.318 e. The number of aromatic nitrogens is 4. The maximum absolute atomic E-state index is 12.4. The minimum atomic E-state index is -0.111. The number of aryl methyl sites for hydroxylation is 1. The number of nitrogens with one attached hydrogen (secondary N) is 1. The zero-order valence-electron chi connectivity index (χ0n) is 14.1. The third-order valence-electron chi connectivity index (χ3n) is 3.65. The Morgan fingerprint density at radius 2 is 2.08 bits per heavy atom. The molecule has 6 nitrogen and oxygen atoms in total. The highest BCUT2D eigenvalue weighted by atomic mass is 32.1. The first-order valence-corrected chi connectivity index (χ1v) is 8.94. The smallest absolute Gasteiger partial charge is 0.246 e. The Labute approximate surface area is 144 Å². The number of hydrogen-bond donors (Lipinski definition) is 1. The first-order valence-electron chi connectivity index (χ1n) is 8.13. The summed E-state index contributed by atoms with van der Waals surface area (Å²) in [6.07, 6.45) is 1.65. The van der Waals surface area contributed by atoms with Crippen molar-refractivity contribution in [3.8, 4) is 0 Å². The van der Waals surface area contributed by atoms with Crippen LogP contribution in [-0.4, -0.2) is 25.7 Å². The topological polar surface area (TPSA) is 72.7 Å². The Hall–Kier alpha value is -2.28. The molecule has 2 aromatic heterocycles. The van der Waals surface area contributed by atoms with E-state index in [1.807, 2.05) is 35.8 Å². The monoisotopic (exact) mass is 343 g/mol. The zero-order chi connectivity index (χ0) is 17.1. The van der Waals surface area contributed by atoms with Crippen molar-refractivity contribution in [2.45, 2.75) is 40.2 Å². The lowest BCUT2D eigenvalue weighted by molar-refractivity contribution is -0.116. The third kappa shape index (κ3) is 3.62. The van der Waals surface area contributed by atoms with Gasteiger partial charge in [-0.25, -0.2) is 4.98 Å². The van der Waals surface area contributed by atoms with E-state index in [1.54, 1.807) is 0 Å². The average molecular weight is 343 g/mol. The van der Waals surface area contributed by atoms with E-state index in [4.69, 9.17) is 0 Å². The van der Waals surface area contributed by atoms with Gasteiger partial charge in [-0.15, -0.1) is 10.2 Å². The molecule has 0 aliphatic carbocycles. The van der Waals surface area contributed by atoms with Gasteiger partial charge < -0.3 is 4.57 Å². The second-order valence-corrected chi connectivity index (χ2v) is 7.17. The van der Waals surface area contributed by atoms with Crippen LogP contribution in [0.25, 0.3) is 11.0 Å². The molecule has 0 atom stereocenters. The Morgan fingerprint density at radius 3 is 2.83 bits per heavy atom. The van der Waals surface area contributed by atoms with Crippen LogP contribution in [0.2, 0.25) is 0 Å². The summed E-state index contributed by atoms with van der Waals surface area (Å²) in [5, 5.41) is 12.5. The van der Waals surface area contributed by atoms with Crippen molar-refractivity contribution in [3.63, 3.8) is 0 Å². The fourth-order valence-electron chi connectivity index (χ4n) is 2.61. The number of amides is 1. The van der Waals surface area contributed by atoms with Gasteiger partial charge in [0, 0.05) is 12.8 Å². The van der Waals surface area contributed by atoms with E-state index >= 15 is 0 Å². The molecule has 0 aliphatic rings. The highest BCUT2D eigenvalue weighted by Gasteiger charge is 2.14. The van der Waals surface area contributed by atoms with Crippen LogP contribution in [0.4, 0.5) is 5.13 Å². The molecule has 0 bridgehead atoms. The van der Waals surface area contributed by atoms with Gasteiger partial charge in [0.15, 0.2) is 0 Å². The van der Waals surface area contributed by atoms with E-state index in [9.17, 15) is 4.79 Å². The van der Waals surface area contributed by atoms with E-state index in [-0.39, 0.29) is 12.5 Å². The number of imidazole rings is 1. The van der Waals surface area contributed by atoms with Gasteiger partial charge in [0.25, 0.3) is 0 Å². The Bertz CT molecular complexity index is 852. The molecule has 1 amide bonds. The number of hydrogen-bond acceptors (Lipinski definition) is 5. The lowest BCUT2D eigenvalue weighted by atomic mass is 10.1. The predicted molar refractivity (Wildman–Crippen MR) is 96.2 cm³/mol. The maximum atomic E-state index is 12.4. The molecule has 3 rings (SSSR count). The van der Waals surface area contributed by atoms with Crippen molar-refractivity contribution in [2.24, 2.45) is 5.92 Å². The molecular formula is C17H21N5OS. The number of nitrogens with zero attached hydrogens (tertiary/aromatic N) is 4. The summed E-state index contributed by atoms with van der Waals surface area (Å²) in [5.74, 6) is 1.31. The Kier molecular flexibility index (Phi) is 4.89. The molecular weight excluding hydrogens is 322 g/mol. The second kappa shape index (κ2) is 7.09. The van der Waals surface area contributed by atoms with Gasteiger partial charge in [-0.05, 0) is 18.1 Å². The van der Waals surface area contributed by atoms with Crippen LogP contribution in [0.15, 0.2) is 24.3 Å². The van der Waals surface area contributed by atoms with Crippen LogP contribution in [0.5, 0.6) is 0 Å². The third-order valence-corrected chi connectivity index (χ3v) is 4.51. The fourth-order valence-corrected chi connectivity index (χ4v) is 3.58. The number of carbonyl (C=O) groups is 1. The number of para-hydroxylation sites is 2. The molecule has 0 aliphatic heterocycles. The van der Waals surface area contributed by atoms with Crippen LogP contribution < -0.4 is 5.32 Å². The van der Waals surface area contributed by atoms with Crippen molar-refractivity contribution in [1.29, 1.82) is 0 Å². The predicted octanol–water partition coefficient (Wildman–Crippen LogP) is 3.29. The highest BCUT2D eigenvalue weighted by Crippen LogP contribution is 2.19. The van der Waals surface area contributed by atoms with Crippen LogP contribution in [0, 0.1) is 5.92 Å². The van der Waals surface area contributed by atoms with Crippen LogP contribution in [0.1, 0.15) is 31.6 Å². The normalized spacial score (nSPS) is 11.3. The Morgan fingerprint density at radius 1 is 1.29 bits per heavy atom. The number of fused-ring (bicyclic) bond motifs is 1. The van der Waals surface area contributed by atoms with E-state index in [0.717, 1.165) is 34.7 Å². The number of rotatable bonds is 6. The van der Waals surface area contributed by atoms with Crippen LogP contribution >= 0.6 is 11.3 Å². The second-order valence-electron chi connectivity index (χ2n) is 6.10. The quantitative estimate of drug-likeness (QED) is 0.745. The van der Waals surface area contributed by atoms with Crippen molar-refractivity contribution in [2.75, 3.05) is 5.32 Å². The number of anilines is 1. The first kappa shape index (κ1) is 16.6. The molecule has 0 fully saturated rings. The van der Waals surface area contributed by atoms with Gasteiger partial charge in [-0.3, -0.25) is 10.1 Å². The average Bonchev–Trinajstić information content (AvgIpc) is 3.11. The van der Waals surface area contributed by atoms with E-state index in [2.05, 4.69) is 34.3 Å². The van der Waals surface area contributed by atoms with Gasteiger partial charge >= 0.3 is 0 Å². The first-order chi connectivity index (χ1) is 11.6. The fraction of sp³-hybridized carbons (Fsp3) is 0.412. The lowest BCUT2D eigenvalue weighted by Gasteiger charge is -2.07. The molecule has 126 valence electrons. The van der Waals surface area contributed by atoms with Gasteiger partial charge in [-0.1, -0.05) is 44.2 Å². The van der Waals surface area contributed by atoms with Gasteiger partial charge in [0.2, 0.25) is 11.0 Å². The summed E-state index contributed by atoms with van der Waals surface area (Å²) in [5.41, 5.74) is 1.89. The molecule has 0 saturated carbocycles. The molecule has 7 heteroatoms. The summed E-state index contributed by atoms with van der Waals surface area (Å²) < 4.78 is 1.96. The molecule has 0 saturated heterocycles. The van der Waals surface area contributed by atoms with Crippen molar-refractivity contribution in [1.82, 2.24) is 19.7 Å². The Balaban J connectivity index is 1.74. The van der Waals surface area contributed by atoms with Crippen molar-refractivity contribution >= 4 is 33.4 Å². The van der Waals surface area contributed by atoms with E-state index in [0.29, 0.717) is 11.0 Å².